The Balaban J connectivity index is 0.00000242. The first-order valence-corrected chi connectivity index (χ1v) is 7.31. The second kappa shape index (κ2) is 8.15. The number of carboxylic acid groups (broad SMARTS) is 1. The van der Waals surface area contributed by atoms with Crippen molar-refractivity contribution in [3.05, 3.63) is 29.8 Å². The molecule has 122 valence electrons. The summed E-state index contributed by atoms with van der Waals surface area (Å²) in [5.74, 6) is -0.873. The summed E-state index contributed by atoms with van der Waals surface area (Å²) in [4.78, 5) is 24.9. The van der Waals surface area contributed by atoms with E-state index in [4.69, 9.17) is 5.11 Å². The predicted octanol–water partition coefficient (Wildman–Crippen LogP) is 2.58. The molecule has 6 heteroatoms. The molecule has 1 saturated heterocycles. The molecule has 22 heavy (non-hydrogen) atoms. The molecule has 0 aromatic heterocycles. The fraction of sp³-hybridized carbons (Fsp3) is 0.500. The molecule has 5 nitrogen and oxygen atoms in total. The summed E-state index contributed by atoms with van der Waals surface area (Å²) >= 11 is 0. The first-order valence-electron chi connectivity index (χ1n) is 7.31. The summed E-state index contributed by atoms with van der Waals surface area (Å²) in [6.07, 6.45) is 0.616. The van der Waals surface area contributed by atoms with Gasteiger partial charge in [0.2, 0.25) is 5.91 Å². The third-order valence-corrected chi connectivity index (χ3v) is 3.85. The van der Waals surface area contributed by atoms with Crippen LogP contribution < -0.4 is 5.32 Å². The highest BCUT2D eigenvalue weighted by molar-refractivity contribution is 5.93. The standard InChI is InChI=1S/C16H22N2O3.ClH/c1-11(2)13-5-3-4-6-14(13)17-15(19)10-18-8-7-12(9-18)16(20)21;/h3-6,11-12H,7-10H2,1-2H3,(H,17,19)(H,20,21);1H. The van der Waals surface area contributed by atoms with Gasteiger partial charge in [-0.15, -0.1) is 12.4 Å². The summed E-state index contributed by atoms with van der Waals surface area (Å²) in [6.45, 7) is 5.53. The van der Waals surface area contributed by atoms with E-state index in [1.807, 2.05) is 29.2 Å². The average molecular weight is 327 g/mol. The van der Waals surface area contributed by atoms with Crippen molar-refractivity contribution in [1.29, 1.82) is 0 Å². The molecule has 1 fully saturated rings. The Morgan fingerprint density at radius 1 is 1.36 bits per heavy atom. The van der Waals surface area contributed by atoms with E-state index in [2.05, 4.69) is 19.2 Å². The molecular weight excluding hydrogens is 304 g/mol. The van der Waals surface area contributed by atoms with Crippen LogP contribution >= 0.6 is 12.4 Å². The summed E-state index contributed by atoms with van der Waals surface area (Å²) in [7, 11) is 0. The van der Waals surface area contributed by atoms with Gasteiger partial charge < -0.3 is 10.4 Å². The number of nitrogens with zero attached hydrogens (tertiary/aromatic N) is 1. The van der Waals surface area contributed by atoms with Gasteiger partial charge in [-0.25, -0.2) is 0 Å². The number of halogens is 1. The zero-order valence-electron chi connectivity index (χ0n) is 12.9. The molecule has 1 unspecified atom stereocenters. The number of hydrogen-bond donors (Lipinski definition) is 2. The van der Waals surface area contributed by atoms with Gasteiger partial charge in [-0.3, -0.25) is 14.5 Å². The molecule has 1 atom stereocenters. The molecule has 1 aromatic rings. The summed E-state index contributed by atoms with van der Waals surface area (Å²) < 4.78 is 0. The highest BCUT2D eigenvalue weighted by Gasteiger charge is 2.28. The lowest BCUT2D eigenvalue weighted by Crippen LogP contribution is -2.32. The van der Waals surface area contributed by atoms with E-state index in [1.165, 1.54) is 0 Å². The topological polar surface area (TPSA) is 69.6 Å². The number of aliphatic carboxylic acids is 1. The number of benzene rings is 1. The van der Waals surface area contributed by atoms with Crippen molar-refractivity contribution in [3.8, 4) is 0 Å². The first-order chi connectivity index (χ1) is 9.97. The Bertz CT molecular complexity index is 534. The number of rotatable bonds is 5. The fourth-order valence-electron chi connectivity index (χ4n) is 2.68. The zero-order valence-corrected chi connectivity index (χ0v) is 13.7. The molecular formula is C16H23ClN2O3. The van der Waals surface area contributed by atoms with Gasteiger partial charge in [0, 0.05) is 12.2 Å². The molecule has 1 amide bonds. The van der Waals surface area contributed by atoms with E-state index in [-0.39, 0.29) is 30.8 Å². The second-order valence-corrected chi connectivity index (χ2v) is 5.85. The van der Waals surface area contributed by atoms with Crippen LogP contribution in [0.15, 0.2) is 24.3 Å². The fourth-order valence-corrected chi connectivity index (χ4v) is 2.68. The molecule has 1 aliphatic rings. The molecule has 0 saturated carbocycles. The third-order valence-electron chi connectivity index (χ3n) is 3.85. The van der Waals surface area contributed by atoms with Crippen LogP contribution in [0, 0.1) is 5.92 Å². The number of carboxylic acids is 1. The minimum atomic E-state index is -0.775. The monoisotopic (exact) mass is 326 g/mol. The molecule has 0 radical (unpaired) electrons. The quantitative estimate of drug-likeness (QED) is 0.872. The highest BCUT2D eigenvalue weighted by atomic mass is 35.5. The highest BCUT2D eigenvalue weighted by Crippen LogP contribution is 2.24. The van der Waals surface area contributed by atoms with Crippen molar-refractivity contribution in [2.45, 2.75) is 26.2 Å². The van der Waals surface area contributed by atoms with Crippen molar-refractivity contribution < 1.29 is 14.7 Å². The van der Waals surface area contributed by atoms with E-state index in [0.717, 1.165) is 11.3 Å². The number of nitrogens with one attached hydrogen (secondary N) is 1. The number of para-hydroxylation sites is 1. The van der Waals surface area contributed by atoms with Crippen LogP contribution in [-0.4, -0.2) is 41.5 Å². The number of hydrogen-bond acceptors (Lipinski definition) is 3. The van der Waals surface area contributed by atoms with Gasteiger partial charge in [0.05, 0.1) is 12.5 Å². The number of carbonyl (C=O) groups is 2. The van der Waals surface area contributed by atoms with Gasteiger partial charge in [-0.2, -0.15) is 0 Å². The van der Waals surface area contributed by atoms with Crippen LogP contribution in [0.4, 0.5) is 5.69 Å². The Morgan fingerprint density at radius 3 is 2.64 bits per heavy atom. The van der Waals surface area contributed by atoms with E-state index >= 15 is 0 Å². The second-order valence-electron chi connectivity index (χ2n) is 5.85. The average Bonchev–Trinajstić information content (AvgIpc) is 2.87. The van der Waals surface area contributed by atoms with Crippen molar-refractivity contribution in [3.63, 3.8) is 0 Å². The van der Waals surface area contributed by atoms with Crippen LogP contribution in [0.1, 0.15) is 31.7 Å². The molecule has 0 spiro atoms. The van der Waals surface area contributed by atoms with E-state index in [1.54, 1.807) is 0 Å². The maximum Gasteiger partial charge on any atom is 0.307 e. The minimum Gasteiger partial charge on any atom is -0.481 e. The normalized spacial score (nSPS) is 18.0. The molecule has 0 aliphatic carbocycles. The molecule has 2 N–H and O–H groups in total. The largest absolute Gasteiger partial charge is 0.481 e. The number of amides is 1. The van der Waals surface area contributed by atoms with Crippen molar-refractivity contribution in [1.82, 2.24) is 4.90 Å². The Hall–Kier alpha value is -1.59. The Morgan fingerprint density at radius 2 is 2.05 bits per heavy atom. The van der Waals surface area contributed by atoms with Gasteiger partial charge in [-0.05, 0) is 30.5 Å². The lowest BCUT2D eigenvalue weighted by molar-refractivity contribution is -0.141. The van der Waals surface area contributed by atoms with Gasteiger partial charge >= 0.3 is 5.97 Å². The molecule has 2 rings (SSSR count). The van der Waals surface area contributed by atoms with E-state index in [0.29, 0.717) is 25.4 Å². The predicted molar refractivity (Wildman–Crippen MR) is 88.6 cm³/mol. The number of likely N-dealkylation sites (tertiary alicyclic amines) is 1. The van der Waals surface area contributed by atoms with E-state index in [9.17, 15) is 9.59 Å². The maximum atomic E-state index is 12.1. The van der Waals surface area contributed by atoms with Crippen molar-refractivity contribution in [2.24, 2.45) is 5.92 Å². The van der Waals surface area contributed by atoms with Gasteiger partial charge in [0.15, 0.2) is 0 Å². The van der Waals surface area contributed by atoms with Gasteiger partial charge in [0.25, 0.3) is 0 Å². The number of anilines is 1. The lowest BCUT2D eigenvalue weighted by Gasteiger charge is -2.17. The summed E-state index contributed by atoms with van der Waals surface area (Å²) in [6, 6.07) is 7.77. The molecule has 1 heterocycles. The van der Waals surface area contributed by atoms with Crippen LogP contribution in [0.3, 0.4) is 0 Å². The minimum absolute atomic E-state index is 0. The van der Waals surface area contributed by atoms with Crippen LogP contribution in [0.2, 0.25) is 0 Å². The van der Waals surface area contributed by atoms with Crippen molar-refractivity contribution >= 4 is 30.0 Å². The Labute approximate surface area is 137 Å². The molecule has 0 bridgehead atoms. The SMILES string of the molecule is CC(C)c1ccccc1NC(=O)CN1CCC(C(=O)O)C1.Cl. The molecule has 1 aromatic carbocycles. The number of carbonyl (C=O) groups excluding carboxylic acids is 1. The summed E-state index contributed by atoms with van der Waals surface area (Å²) in [5.41, 5.74) is 1.95. The van der Waals surface area contributed by atoms with E-state index < -0.39 is 5.97 Å². The van der Waals surface area contributed by atoms with Crippen LogP contribution in [0.25, 0.3) is 0 Å². The Kier molecular flexibility index (Phi) is 6.84. The molecule has 1 aliphatic heterocycles. The van der Waals surface area contributed by atoms with Crippen molar-refractivity contribution in [2.75, 3.05) is 25.0 Å². The van der Waals surface area contributed by atoms with Crippen LogP contribution in [-0.2, 0) is 9.59 Å². The summed E-state index contributed by atoms with van der Waals surface area (Å²) in [5, 5.41) is 11.9. The third kappa shape index (κ3) is 4.71. The van der Waals surface area contributed by atoms with Crippen LogP contribution in [0.5, 0.6) is 0 Å². The lowest BCUT2D eigenvalue weighted by atomic mass is 10.0. The van der Waals surface area contributed by atoms with Gasteiger partial charge in [0.1, 0.15) is 0 Å². The maximum absolute atomic E-state index is 12.1. The first kappa shape index (κ1) is 18.5. The van der Waals surface area contributed by atoms with Gasteiger partial charge in [-0.1, -0.05) is 32.0 Å². The smallest absolute Gasteiger partial charge is 0.307 e. The zero-order chi connectivity index (χ0) is 15.4.